The van der Waals surface area contributed by atoms with Crippen LogP contribution in [-0.2, 0) is 0 Å². The number of Topliss-reactive ketones (excluding diaryl/α,β-unsaturated/α-hetero) is 1. The summed E-state index contributed by atoms with van der Waals surface area (Å²) in [6.07, 6.45) is -0.483. The summed E-state index contributed by atoms with van der Waals surface area (Å²) < 4.78 is 6.17. The average Bonchev–Trinajstić information content (AvgIpc) is 2.74. The van der Waals surface area contributed by atoms with Crippen molar-refractivity contribution in [2.45, 2.75) is 26.9 Å². The van der Waals surface area contributed by atoms with Crippen LogP contribution < -0.4 is 10.1 Å². The molecule has 0 aliphatic carbocycles. The number of carbonyl (C=O) groups excluding carboxylic acids is 2. The number of fused-ring (bicyclic) bond motifs is 1. The molecule has 1 heterocycles. The van der Waals surface area contributed by atoms with E-state index in [9.17, 15) is 14.7 Å². The lowest BCUT2D eigenvalue weighted by molar-refractivity contribution is 0.0682. The molecule has 0 aromatic heterocycles. The Morgan fingerprint density at radius 2 is 1.86 bits per heavy atom. The fourth-order valence-corrected chi connectivity index (χ4v) is 3.67. The maximum Gasteiger partial charge on any atom is 0.255 e. The molecule has 3 rings (SSSR count). The lowest BCUT2D eigenvalue weighted by Crippen LogP contribution is -2.36. The fourth-order valence-electron chi connectivity index (χ4n) is 3.67. The Kier molecular flexibility index (Phi) is 6.54. The van der Waals surface area contributed by atoms with Crippen LogP contribution in [0.3, 0.4) is 0 Å². The summed E-state index contributed by atoms with van der Waals surface area (Å²) in [5.41, 5.74) is 1.30. The molecule has 2 aromatic rings. The standard InChI is InChI=1S/C23H28N2O4/c1-4-25(5-2)12-11-24-23(28)19-14-17(26)13-18-20(27)15(3)21(29-22(18)19)16-9-7-6-8-10-16/h6-10,13-15,21,26H,4-5,11-12H2,1-3H3,(H,24,28)/t15-,21+/m0/s1. The van der Waals surface area contributed by atoms with Gasteiger partial charge in [-0.2, -0.15) is 0 Å². The summed E-state index contributed by atoms with van der Waals surface area (Å²) in [4.78, 5) is 28.0. The van der Waals surface area contributed by atoms with Gasteiger partial charge in [0.25, 0.3) is 5.91 Å². The van der Waals surface area contributed by atoms with Gasteiger partial charge in [0.1, 0.15) is 17.6 Å². The van der Waals surface area contributed by atoms with Crippen molar-refractivity contribution in [1.29, 1.82) is 0 Å². The first-order valence-electron chi connectivity index (χ1n) is 10.1. The maximum atomic E-state index is 13.0. The van der Waals surface area contributed by atoms with Gasteiger partial charge >= 0.3 is 0 Å². The number of aromatic hydroxyl groups is 1. The van der Waals surface area contributed by atoms with Gasteiger partial charge in [0, 0.05) is 13.1 Å². The van der Waals surface area contributed by atoms with E-state index in [2.05, 4.69) is 24.1 Å². The molecule has 29 heavy (non-hydrogen) atoms. The lowest BCUT2D eigenvalue weighted by atomic mass is 9.86. The summed E-state index contributed by atoms with van der Waals surface area (Å²) in [6, 6.07) is 12.2. The molecule has 2 atom stereocenters. The fraction of sp³-hybridized carbons (Fsp3) is 0.391. The number of ketones is 1. The maximum absolute atomic E-state index is 13.0. The number of nitrogens with one attached hydrogen (secondary N) is 1. The van der Waals surface area contributed by atoms with Crippen LogP contribution in [0.1, 0.15) is 53.2 Å². The number of carbonyl (C=O) groups is 2. The molecule has 0 bridgehead atoms. The summed E-state index contributed by atoms with van der Waals surface area (Å²) in [5.74, 6) is -0.822. The zero-order chi connectivity index (χ0) is 21.0. The number of hydrogen-bond donors (Lipinski definition) is 2. The number of rotatable bonds is 7. The molecular weight excluding hydrogens is 368 g/mol. The number of nitrogens with zero attached hydrogens (tertiary/aromatic N) is 1. The molecule has 0 fully saturated rings. The van der Waals surface area contributed by atoms with Crippen LogP contribution in [0.15, 0.2) is 42.5 Å². The molecule has 154 valence electrons. The molecule has 1 aliphatic heterocycles. The number of amides is 1. The highest BCUT2D eigenvalue weighted by atomic mass is 16.5. The van der Waals surface area contributed by atoms with Crippen LogP contribution in [0.2, 0.25) is 0 Å². The monoisotopic (exact) mass is 396 g/mol. The minimum Gasteiger partial charge on any atom is -0.508 e. The first-order chi connectivity index (χ1) is 14.0. The van der Waals surface area contributed by atoms with Crippen molar-refractivity contribution >= 4 is 11.7 Å². The molecule has 0 radical (unpaired) electrons. The van der Waals surface area contributed by atoms with E-state index in [0.717, 1.165) is 25.2 Å². The topological polar surface area (TPSA) is 78.9 Å². The molecule has 1 amide bonds. The van der Waals surface area contributed by atoms with Crippen molar-refractivity contribution in [3.05, 3.63) is 59.2 Å². The number of ether oxygens (including phenoxy) is 1. The van der Waals surface area contributed by atoms with Gasteiger partial charge in [-0.25, -0.2) is 0 Å². The van der Waals surface area contributed by atoms with Crippen molar-refractivity contribution < 1.29 is 19.4 Å². The molecule has 0 saturated carbocycles. The Bertz CT molecular complexity index is 878. The van der Waals surface area contributed by atoms with Crippen LogP contribution in [0, 0.1) is 5.92 Å². The van der Waals surface area contributed by atoms with Crippen LogP contribution >= 0.6 is 0 Å². The molecular formula is C23H28N2O4. The van der Waals surface area contributed by atoms with E-state index in [-0.39, 0.29) is 34.3 Å². The largest absolute Gasteiger partial charge is 0.508 e. The van der Waals surface area contributed by atoms with E-state index >= 15 is 0 Å². The second-order valence-electron chi connectivity index (χ2n) is 7.25. The second kappa shape index (κ2) is 9.09. The Hall–Kier alpha value is -2.86. The second-order valence-corrected chi connectivity index (χ2v) is 7.25. The first kappa shape index (κ1) is 20.9. The molecule has 0 spiro atoms. The van der Waals surface area contributed by atoms with E-state index in [1.54, 1.807) is 6.92 Å². The minimum atomic E-state index is -0.483. The van der Waals surface area contributed by atoms with Crippen LogP contribution in [0.4, 0.5) is 0 Å². The third kappa shape index (κ3) is 4.43. The van der Waals surface area contributed by atoms with Gasteiger partial charge in [0.05, 0.1) is 17.0 Å². The molecule has 6 heteroatoms. The van der Waals surface area contributed by atoms with Crippen LogP contribution in [-0.4, -0.2) is 47.9 Å². The molecule has 6 nitrogen and oxygen atoms in total. The van der Waals surface area contributed by atoms with E-state index in [0.29, 0.717) is 6.54 Å². The highest BCUT2D eigenvalue weighted by Crippen LogP contribution is 2.42. The molecule has 1 aliphatic rings. The number of phenolic OH excluding ortho intramolecular Hbond substituents is 1. The van der Waals surface area contributed by atoms with Crippen molar-refractivity contribution in [3.63, 3.8) is 0 Å². The van der Waals surface area contributed by atoms with Gasteiger partial charge in [-0.05, 0) is 30.8 Å². The number of phenols is 1. The SMILES string of the molecule is CCN(CC)CCNC(=O)c1cc(O)cc2c1O[C@@H](c1ccccc1)[C@@H](C)C2=O. The van der Waals surface area contributed by atoms with E-state index in [1.165, 1.54) is 12.1 Å². The zero-order valence-corrected chi connectivity index (χ0v) is 17.1. The first-order valence-corrected chi connectivity index (χ1v) is 10.1. The Labute approximate surface area is 171 Å². The van der Waals surface area contributed by atoms with Crippen LogP contribution in [0.25, 0.3) is 0 Å². The van der Waals surface area contributed by atoms with Crippen molar-refractivity contribution in [1.82, 2.24) is 10.2 Å². The van der Waals surface area contributed by atoms with Gasteiger partial charge in [-0.3, -0.25) is 9.59 Å². The van der Waals surface area contributed by atoms with Gasteiger partial charge in [-0.1, -0.05) is 51.1 Å². The summed E-state index contributed by atoms with van der Waals surface area (Å²) in [6.45, 7) is 8.95. The summed E-state index contributed by atoms with van der Waals surface area (Å²) in [7, 11) is 0. The Morgan fingerprint density at radius 3 is 2.52 bits per heavy atom. The number of hydrogen-bond acceptors (Lipinski definition) is 5. The normalized spacial score (nSPS) is 18.3. The lowest BCUT2D eigenvalue weighted by Gasteiger charge is -2.32. The van der Waals surface area contributed by atoms with E-state index in [4.69, 9.17) is 4.74 Å². The molecule has 2 aromatic carbocycles. The summed E-state index contributed by atoms with van der Waals surface area (Å²) >= 11 is 0. The highest BCUT2D eigenvalue weighted by molar-refractivity contribution is 6.07. The molecule has 0 unspecified atom stereocenters. The Balaban J connectivity index is 1.88. The molecule has 2 N–H and O–H groups in total. The molecule has 0 saturated heterocycles. The van der Waals surface area contributed by atoms with E-state index in [1.807, 2.05) is 30.3 Å². The third-order valence-corrected chi connectivity index (χ3v) is 5.43. The van der Waals surface area contributed by atoms with Crippen molar-refractivity contribution in [2.24, 2.45) is 5.92 Å². The van der Waals surface area contributed by atoms with Gasteiger partial charge in [0.2, 0.25) is 0 Å². The Morgan fingerprint density at radius 1 is 1.17 bits per heavy atom. The summed E-state index contributed by atoms with van der Waals surface area (Å²) in [5, 5.41) is 13.0. The van der Waals surface area contributed by atoms with Gasteiger partial charge in [-0.15, -0.1) is 0 Å². The van der Waals surface area contributed by atoms with Crippen molar-refractivity contribution in [2.75, 3.05) is 26.2 Å². The number of benzene rings is 2. The predicted octanol–water partition coefficient (Wildman–Crippen LogP) is 3.42. The average molecular weight is 396 g/mol. The van der Waals surface area contributed by atoms with E-state index < -0.39 is 12.0 Å². The minimum absolute atomic E-state index is 0.125. The van der Waals surface area contributed by atoms with Crippen LogP contribution in [0.5, 0.6) is 11.5 Å². The zero-order valence-electron chi connectivity index (χ0n) is 17.1. The van der Waals surface area contributed by atoms with Gasteiger partial charge in [0.15, 0.2) is 5.78 Å². The third-order valence-electron chi connectivity index (χ3n) is 5.43. The smallest absolute Gasteiger partial charge is 0.255 e. The predicted molar refractivity (Wildman–Crippen MR) is 112 cm³/mol. The quantitative estimate of drug-likeness (QED) is 0.750. The van der Waals surface area contributed by atoms with Gasteiger partial charge < -0.3 is 20.1 Å². The number of likely N-dealkylation sites (N-methyl/N-ethyl adjacent to an activating group) is 1. The highest BCUT2D eigenvalue weighted by Gasteiger charge is 2.37. The van der Waals surface area contributed by atoms with Crippen molar-refractivity contribution in [3.8, 4) is 11.5 Å².